The molecule has 0 heterocycles. The standard InChI is InChI=1S/C17H12Cl2N2OS/c1-23-13-7-5-11(6-8-13)9-12(10-20)17(22)21-16-14(18)3-2-4-15(16)19/h2-9H,1H3,(H,21,22)/b12-9+. The molecule has 1 amide bonds. The van der Waals surface area contributed by atoms with Gasteiger partial charge in [0.15, 0.2) is 0 Å². The first-order chi connectivity index (χ1) is 11.0. The number of nitrogens with one attached hydrogen (secondary N) is 1. The van der Waals surface area contributed by atoms with Crippen LogP contribution in [0.25, 0.3) is 6.08 Å². The molecule has 0 saturated heterocycles. The Kier molecular flexibility index (Phi) is 6.12. The first-order valence-electron chi connectivity index (χ1n) is 6.56. The van der Waals surface area contributed by atoms with Crippen LogP contribution in [-0.2, 0) is 4.79 Å². The Morgan fingerprint density at radius 2 is 1.78 bits per heavy atom. The van der Waals surface area contributed by atoms with Gasteiger partial charge in [0, 0.05) is 4.90 Å². The number of amides is 1. The van der Waals surface area contributed by atoms with Crippen molar-refractivity contribution in [2.45, 2.75) is 4.90 Å². The molecule has 0 aliphatic rings. The van der Waals surface area contributed by atoms with E-state index >= 15 is 0 Å². The fraction of sp³-hybridized carbons (Fsp3) is 0.0588. The summed E-state index contributed by atoms with van der Waals surface area (Å²) in [7, 11) is 0. The Balaban J connectivity index is 2.24. The number of thioether (sulfide) groups is 1. The number of hydrogen-bond acceptors (Lipinski definition) is 3. The Labute approximate surface area is 148 Å². The number of nitriles is 1. The molecule has 3 nitrogen and oxygen atoms in total. The summed E-state index contributed by atoms with van der Waals surface area (Å²) < 4.78 is 0. The highest BCUT2D eigenvalue weighted by molar-refractivity contribution is 7.98. The van der Waals surface area contributed by atoms with E-state index in [0.717, 1.165) is 10.5 Å². The Hall–Kier alpha value is -1.93. The molecule has 0 fully saturated rings. The average Bonchev–Trinajstić information content (AvgIpc) is 2.56. The molecule has 116 valence electrons. The molecule has 0 unspecified atom stereocenters. The van der Waals surface area contributed by atoms with Gasteiger partial charge in [-0.3, -0.25) is 4.79 Å². The van der Waals surface area contributed by atoms with Crippen LogP contribution in [0.4, 0.5) is 5.69 Å². The zero-order valence-electron chi connectivity index (χ0n) is 12.1. The Morgan fingerprint density at radius 3 is 2.30 bits per heavy atom. The van der Waals surface area contributed by atoms with Crippen molar-refractivity contribution in [3.8, 4) is 6.07 Å². The average molecular weight is 363 g/mol. The number of nitrogens with zero attached hydrogens (tertiary/aromatic N) is 1. The maximum absolute atomic E-state index is 12.3. The van der Waals surface area contributed by atoms with Crippen molar-refractivity contribution >= 4 is 52.6 Å². The van der Waals surface area contributed by atoms with Crippen LogP contribution in [0.2, 0.25) is 10.0 Å². The summed E-state index contributed by atoms with van der Waals surface area (Å²) in [4.78, 5) is 13.4. The first kappa shape index (κ1) is 17.4. The van der Waals surface area contributed by atoms with Crippen molar-refractivity contribution in [2.75, 3.05) is 11.6 Å². The molecule has 2 rings (SSSR count). The van der Waals surface area contributed by atoms with Gasteiger partial charge in [-0.1, -0.05) is 41.4 Å². The number of para-hydroxylation sites is 1. The molecular formula is C17H12Cl2N2OS. The third-order valence-corrected chi connectivity index (χ3v) is 4.37. The highest BCUT2D eigenvalue weighted by Crippen LogP contribution is 2.30. The highest BCUT2D eigenvalue weighted by Gasteiger charge is 2.13. The zero-order chi connectivity index (χ0) is 16.8. The van der Waals surface area contributed by atoms with Crippen LogP contribution in [0.3, 0.4) is 0 Å². The molecule has 0 aliphatic heterocycles. The van der Waals surface area contributed by atoms with E-state index in [1.165, 1.54) is 6.08 Å². The summed E-state index contributed by atoms with van der Waals surface area (Å²) in [6, 6.07) is 14.3. The molecule has 0 saturated carbocycles. The van der Waals surface area contributed by atoms with E-state index in [4.69, 9.17) is 23.2 Å². The molecule has 23 heavy (non-hydrogen) atoms. The number of carbonyl (C=O) groups is 1. The minimum Gasteiger partial charge on any atom is -0.319 e. The summed E-state index contributed by atoms with van der Waals surface area (Å²) >= 11 is 13.6. The van der Waals surface area contributed by atoms with Crippen molar-refractivity contribution in [1.29, 1.82) is 5.26 Å². The molecule has 6 heteroatoms. The zero-order valence-corrected chi connectivity index (χ0v) is 14.5. The van der Waals surface area contributed by atoms with E-state index < -0.39 is 5.91 Å². The van der Waals surface area contributed by atoms with Gasteiger partial charge in [0.25, 0.3) is 5.91 Å². The SMILES string of the molecule is CSc1ccc(/C=C(\C#N)C(=O)Nc2c(Cl)cccc2Cl)cc1. The largest absolute Gasteiger partial charge is 0.319 e. The van der Waals surface area contributed by atoms with E-state index in [9.17, 15) is 10.1 Å². The summed E-state index contributed by atoms with van der Waals surface area (Å²) in [5.41, 5.74) is 1.03. The highest BCUT2D eigenvalue weighted by atomic mass is 35.5. The normalized spacial score (nSPS) is 11.0. The van der Waals surface area contributed by atoms with E-state index in [1.54, 1.807) is 30.0 Å². The lowest BCUT2D eigenvalue weighted by molar-refractivity contribution is -0.112. The minimum absolute atomic E-state index is 0.0297. The van der Waals surface area contributed by atoms with E-state index in [0.29, 0.717) is 15.7 Å². The topological polar surface area (TPSA) is 52.9 Å². The molecule has 2 aromatic rings. The van der Waals surface area contributed by atoms with Crippen molar-refractivity contribution in [3.63, 3.8) is 0 Å². The summed E-state index contributed by atoms with van der Waals surface area (Å²) in [5, 5.41) is 12.4. The Bertz CT molecular complexity index is 775. The number of anilines is 1. The van der Waals surface area contributed by atoms with Gasteiger partial charge in [-0.05, 0) is 42.2 Å². The van der Waals surface area contributed by atoms with Gasteiger partial charge in [0.1, 0.15) is 11.6 Å². The van der Waals surface area contributed by atoms with Crippen LogP contribution in [0.5, 0.6) is 0 Å². The third kappa shape index (κ3) is 4.52. The lowest BCUT2D eigenvalue weighted by atomic mass is 10.1. The maximum atomic E-state index is 12.3. The quantitative estimate of drug-likeness (QED) is 0.458. The molecule has 0 bridgehead atoms. The molecule has 1 N–H and O–H groups in total. The summed E-state index contributed by atoms with van der Waals surface area (Å²) in [5.74, 6) is -0.559. The molecule has 0 aliphatic carbocycles. The van der Waals surface area contributed by atoms with E-state index in [1.807, 2.05) is 36.6 Å². The van der Waals surface area contributed by atoms with E-state index in [2.05, 4.69) is 5.32 Å². The summed E-state index contributed by atoms with van der Waals surface area (Å²) in [6.07, 6.45) is 3.50. The number of hydrogen-bond donors (Lipinski definition) is 1. The first-order valence-corrected chi connectivity index (χ1v) is 8.54. The third-order valence-electron chi connectivity index (χ3n) is 2.99. The van der Waals surface area contributed by atoms with Gasteiger partial charge in [0.05, 0.1) is 15.7 Å². The second-order valence-corrected chi connectivity index (χ2v) is 6.19. The van der Waals surface area contributed by atoms with Crippen molar-refractivity contribution in [1.82, 2.24) is 0 Å². The van der Waals surface area contributed by atoms with Crippen LogP contribution in [0.1, 0.15) is 5.56 Å². The lowest BCUT2D eigenvalue weighted by Crippen LogP contribution is -2.14. The molecule has 0 spiro atoms. The lowest BCUT2D eigenvalue weighted by Gasteiger charge is -2.08. The van der Waals surface area contributed by atoms with Gasteiger partial charge < -0.3 is 5.32 Å². The van der Waals surface area contributed by atoms with Crippen LogP contribution >= 0.6 is 35.0 Å². The number of carbonyl (C=O) groups excluding carboxylic acids is 1. The predicted octanol–water partition coefficient (Wildman–Crippen LogP) is 5.26. The van der Waals surface area contributed by atoms with Crippen molar-refractivity contribution < 1.29 is 4.79 Å². The van der Waals surface area contributed by atoms with Crippen molar-refractivity contribution in [3.05, 3.63) is 63.6 Å². The second kappa shape index (κ2) is 8.07. The van der Waals surface area contributed by atoms with Crippen LogP contribution in [0.15, 0.2) is 52.9 Å². The summed E-state index contributed by atoms with van der Waals surface area (Å²) in [6.45, 7) is 0. The predicted molar refractivity (Wildman–Crippen MR) is 96.9 cm³/mol. The Morgan fingerprint density at radius 1 is 1.17 bits per heavy atom. The van der Waals surface area contributed by atoms with Gasteiger partial charge >= 0.3 is 0 Å². The second-order valence-electron chi connectivity index (χ2n) is 4.49. The molecule has 2 aromatic carbocycles. The van der Waals surface area contributed by atoms with Gasteiger partial charge in [-0.25, -0.2) is 0 Å². The van der Waals surface area contributed by atoms with Crippen molar-refractivity contribution in [2.24, 2.45) is 0 Å². The monoisotopic (exact) mass is 362 g/mol. The van der Waals surface area contributed by atoms with Crippen LogP contribution < -0.4 is 5.32 Å². The smallest absolute Gasteiger partial charge is 0.266 e. The maximum Gasteiger partial charge on any atom is 0.266 e. The molecule has 0 atom stereocenters. The van der Waals surface area contributed by atoms with Gasteiger partial charge in [-0.2, -0.15) is 5.26 Å². The van der Waals surface area contributed by atoms with Crippen LogP contribution in [0, 0.1) is 11.3 Å². The van der Waals surface area contributed by atoms with E-state index in [-0.39, 0.29) is 5.57 Å². The molecule has 0 radical (unpaired) electrons. The fourth-order valence-corrected chi connectivity index (χ4v) is 2.71. The van der Waals surface area contributed by atoms with Gasteiger partial charge in [-0.15, -0.1) is 11.8 Å². The number of benzene rings is 2. The molecular weight excluding hydrogens is 351 g/mol. The number of halogens is 2. The fourth-order valence-electron chi connectivity index (χ4n) is 1.81. The van der Waals surface area contributed by atoms with Crippen LogP contribution in [-0.4, -0.2) is 12.2 Å². The van der Waals surface area contributed by atoms with Gasteiger partial charge in [0.2, 0.25) is 0 Å². The number of rotatable bonds is 4. The minimum atomic E-state index is -0.559. The molecule has 0 aromatic heterocycles.